The third kappa shape index (κ3) is 10.7. The second kappa shape index (κ2) is 13.0. The Labute approximate surface area is 155 Å². The minimum Gasteiger partial charge on any atom is -0.461 e. The van der Waals surface area contributed by atoms with Crippen molar-refractivity contribution in [3.8, 4) is 0 Å². The quantitative estimate of drug-likeness (QED) is 0.271. The van der Waals surface area contributed by atoms with Crippen LogP contribution in [0.2, 0.25) is 0 Å². The van der Waals surface area contributed by atoms with Gasteiger partial charge in [0.05, 0.1) is 24.4 Å². The predicted octanol–water partition coefficient (Wildman–Crippen LogP) is 0.674. The summed E-state index contributed by atoms with van der Waals surface area (Å²) in [4.78, 5) is 22.9. The molecule has 0 radical (unpaired) electrons. The van der Waals surface area contributed by atoms with E-state index in [1.807, 2.05) is 0 Å². The first-order chi connectivity index (χ1) is 12.1. The van der Waals surface area contributed by atoms with Crippen LogP contribution in [0.4, 0.5) is 0 Å². The van der Waals surface area contributed by atoms with E-state index in [4.69, 9.17) is 9.47 Å². The number of carbonyl (C=O) groups is 2. The van der Waals surface area contributed by atoms with Crippen molar-refractivity contribution in [3.63, 3.8) is 0 Å². The lowest BCUT2D eigenvalue weighted by Crippen LogP contribution is -2.36. The van der Waals surface area contributed by atoms with E-state index >= 15 is 0 Å². The number of unbranched alkanes of at least 4 members (excludes halogenated alkanes) is 3. The number of hydrogen-bond acceptors (Lipinski definition) is 8. The van der Waals surface area contributed by atoms with E-state index < -0.39 is 36.4 Å². The zero-order valence-corrected chi connectivity index (χ0v) is 16.1. The highest BCUT2D eigenvalue weighted by atomic mass is 16.6. The molecular formula is C18H34O8. The molecule has 0 aliphatic heterocycles. The van der Waals surface area contributed by atoms with Crippen LogP contribution in [0.1, 0.15) is 66.2 Å². The molecule has 0 saturated heterocycles. The molecule has 0 fully saturated rings. The molecule has 0 bridgehead atoms. The predicted molar refractivity (Wildman–Crippen MR) is 94.2 cm³/mol. The van der Waals surface area contributed by atoms with Crippen molar-refractivity contribution in [2.75, 3.05) is 0 Å². The van der Waals surface area contributed by atoms with Crippen LogP contribution >= 0.6 is 0 Å². The molecule has 4 N–H and O–H groups in total. The zero-order chi connectivity index (χ0) is 20.3. The number of hydrogen-bond donors (Lipinski definition) is 4. The second-order valence-electron chi connectivity index (χ2n) is 6.99. The molecule has 0 unspecified atom stereocenters. The van der Waals surface area contributed by atoms with Gasteiger partial charge < -0.3 is 29.9 Å². The molecule has 0 rings (SSSR count). The first kappa shape index (κ1) is 24.8. The Hall–Kier alpha value is -1.22. The summed E-state index contributed by atoms with van der Waals surface area (Å²) >= 11 is 0. The lowest BCUT2D eigenvalue weighted by atomic mass is 10.0. The summed E-state index contributed by atoms with van der Waals surface area (Å²) in [6, 6.07) is 0. The number of ether oxygens (including phenoxy) is 2. The Balaban J connectivity index is 3.89. The lowest BCUT2D eigenvalue weighted by molar-refractivity contribution is -0.164. The first-order valence-corrected chi connectivity index (χ1v) is 9.19. The Kier molecular flexibility index (Phi) is 12.4. The minimum atomic E-state index is -1.55. The number of aliphatic hydroxyl groups excluding tert-OH is 4. The molecule has 154 valence electrons. The average Bonchev–Trinajstić information content (AvgIpc) is 2.54. The zero-order valence-electron chi connectivity index (χ0n) is 16.1. The van der Waals surface area contributed by atoms with Gasteiger partial charge in [-0.1, -0.05) is 25.7 Å². The number of esters is 2. The maximum Gasteiger partial charge on any atom is 0.337 e. The highest BCUT2D eigenvalue weighted by molar-refractivity contribution is 5.75. The van der Waals surface area contributed by atoms with Gasteiger partial charge >= 0.3 is 11.9 Å². The van der Waals surface area contributed by atoms with E-state index in [9.17, 15) is 30.0 Å². The molecule has 0 aromatic heterocycles. The summed E-state index contributed by atoms with van der Waals surface area (Å²) in [7, 11) is 0. The van der Waals surface area contributed by atoms with Crippen LogP contribution in [0, 0.1) is 0 Å². The first-order valence-electron chi connectivity index (χ1n) is 9.19. The van der Waals surface area contributed by atoms with Gasteiger partial charge in [-0.05, 0) is 40.5 Å². The van der Waals surface area contributed by atoms with Gasteiger partial charge in [0.1, 0.15) is 0 Å². The molecule has 0 aromatic carbocycles. The van der Waals surface area contributed by atoms with Gasteiger partial charge in [0, 0.05) is 0 Å². The van der Waals surface area contributed by atoms with Crippen LogP contribution in [0.25, 0.3) is 0 Å². The van der Waals surface area contributed by atoms with Gasteiger partial charge in [-0.25, -0.2) is 9.59 Å². The molecule has 8 nitrogen and oxygen atoms in total. The normalized spacial score (nSPS) is 16.2. The van der Waals surface area contributed by atoms with E-state index in [-0.39, 0.29) is 25.0 Å². The number of aliphatic hydroxyl groups is 4. The van der Waals surface area contributed by atoms with Gasteiger partial charge in [0.25, 0.3) is 0 Å². The fourth-order valence-corrected chi connectivity index (χ4v) is 2.29. The van der Waals surface area contributed by atoms with Crippen molar-refractivity contribution < 1.29 is 39.5 Å². The monoisotopic (exact) mass is 378 g/mol. The maximum atomic E-state index is 11.5. The largest absolute Gasteiger partial charge is 0.461 e. The Morgan fingerprint density at radius 3 is 1.23 bits per heavy atom. The number of rotatable bonds is 13. The van der Waals surface area contributed by atoms with Gasteiger partial charge in [0.15, 0.2) is 12.2 Å². The molecule has 0 aliphatic rings. The van der Waals surface area contributed by atoms with E-state index in [0.29, 0.717) is 25.7 Å². The fraction of sp³-hybridized carbons (Fsp3) is 0.889. The molecule has 0 aliphatic carbocycles. The molecule has 8 heteroatoms. The summed E-state index contributed by atoms with van der Waals surface area (Å²) in [5.41, 5.74) is 0. The van der Waals surface area contributed by atoms with Crippen LogP contribution < -0.4 is 0 Å². The molecule has 0 saturated carbocycles. The highest BCUT2D eigenvalue weighted by Gasteiger charge is 2.27. The molecule has 0 amide bonds. The van der Waals surface area contributed by atoms with Crippen molar-refractivity contribution in [2.45, 2.75) is 103 Å². The van der Waals surface area contributed by atoms with Crippen molar-refractivity contribution in [1.82, 2.24) is 0 Å². The summed E-state index contributed by atoms with van der Waals surface area (Å²) in [6.45, 7) is 6.63. The van der Waals surface area contributed by atoms with Gasteiger partial charge in [-0.3, -0.25) is 0 Å². The van der Waals surface area contributed by atoms with Gasteiger partial charge in [-0.15, -0.1) is 0 Å². The Bertz CT molecular complexity index is 372. The van der Waals surface area contributed by atoms with Crippen LogP contribution in [0.15, 0.2) is 0 Å². The SMILES string of the molecule is CC(C)OC(=O)[C@@H](O)[C@H](O)CCCCCC[C@@H](O)[C@H](O)C(=O)OC(C)C. The maximum absolute atomic E-state index is 11.5. The van der Waals surface area contributed by atoms with Crippen LogP contribution in [0.3, 0.4) is 0 Å². The van der Waals surface area contributed by atoms with Crippen LogP contribution in [-0.4, -0.2) is 69.0 Å². The van der Waals surface area contributed by atoms with E-state index in [1.165, 1.54) is 0 Å². The standard InChI is InChI=1S/C18H34O8/c1-11(2)25-17(23)15(21)13(19)9-7-5-6-8-10-14(20)16(22)18(24)26-12(3)4/h11-16,19-22H,5-10H2,1-4H3/t13-,14-,15+,16+/m1/s1. The number of carbonyl (C=O) groups excluding carboxylic acids is 2. The summed E-state index contributed by atoms with van der Waals surface area (Å²) < 4.78 is 9.66. The minimum absolute atomic E-state index is 0.250. The molecule has 0 spiro atoms. The lowest BCUT2D eigenvalue weighted by Gasteiger charge is -2.19. The summed E-state index contributed by atoms with van der Waals surface area (Å²) in [6.07, 6.45) is -3.09. The van der Waals surface area contributed by atoms with Gasteiger partial charge in [-0.2, -0.15) is 0 Å². The molecule has 4 atom stereocenters. The average molecular weight is 378 g/mol. The van der Waals surface area contributed by atoms with Crippen molar-refractivity contribution in [2.24, 2.45) is 0 Å². The molecular weight excluding hydrogens is 344 g/mol. The third-order valence-electron chi connectivity index (χ3n) is 3.67. The summed E-state index contributed by atoms with van der Waals surface area (Å²) in [5, 5.41) is 38.9. The van der Waals surface area contributed by atoms with E-state index in [2.05, 4.69) is 0 Å². The molecule has 0 heterocycles. The van der Waals surface area contributed by atoms with Gasteiger partial charge in [0.2, 0.25) is 0 Å². The molecule has 26 heavy (non-hydrogen) atoms. The second-order valence-corrected chi connectivity index (χ2v) is 6.99. The van der Waals surface area contributed by atoms with Crippen LogP contribution in [-0.2, 0) is 19.1 Å². The van der Waals surface area contributed by atoms with Crippen molar-refractivity contribution >= 4 is 11.9 Å². The third-order valence-corrected chi connectivity index (χ3v) is 3.67. The smallest absolute Gasteiger partial charge is 0.337 e. The van der Waals surface area contributed by atoms with Crippen molar-refractivity contribution in [3.05, 3.63) is 0 Å². The Morgan fingerprint density at radius 1 is 0.654 bits per heavy atom. The van der Waals surface area contributed by atoms with Crippen LogP contribution in [0.5, 0.6) is 0 Å². The molecule has 0 aromatic rings. The van der Waals surface area contributed by atoms with E-state index in [1.54, 1.807) is 27.7 Å². The van der Waals surface area contributed by atoms with Crippen molar-refractivity contribution in [1.29, 1.82) is 0 Å². The Morgan fingerprint density at radius 2 is 0.962 bits per heavy atom. The summed E-state index contributed by atoms with van der Waals surface area (Å²) in [5.74, 6) is -1.67. The van der Waals surface area contributed by atoms with E-state index in [0.717, 1.165) is 0 Å². The topological polar surface area (TPSA) is 134 Å². The fourth-order valence-electron chi connectivity index (χ4n) is 2.29. The highest BCUT2D eigenvalue weighted by Crippen LogP contribution is 2.13.